The van der Waals surface area contributed by atoms with Gasteiger partial charge >= 0.3 is 0 Å². The summed E-state index contributed by atoms with van der Waals surface area (Å²) >= 11 is 0. The molecule has 0 N–H and O–H groups in total. The van der Waals surface area contributed by atoms with E-state index in [2.05, 4.69) is 25.7 Å². The van der Waals surface area contributed by atoms with E-state index in [-0.39, 0.29) is 10.9 Å². The molecule has 1 aliphatic heterocycles. The minimum atomic E-state index is -3.60. The van der Waals surface area contributed by atoms with Crippen molar-refractivity contribution in [2.24, 2.45) is 0 Å². The van der Waals surface area contributed by atoms with E-state index in [4.69, 9.17) is 4.52 Å². The van der Waals surface area contributed by atoms with Gasteiger partial charge in [-0.05, 0) is 13.8 Å². The zero-order valence-electron chi connectivity index (χ0n) is 13.6. The van der Waals surface area contributed by atoms with Gasteiger partial charge in [-0.1, -0.05) is 10.4 Å². The lowest BCUT2D eigenvalue weighted by Gasteiger charge is -2.37. The highest BCUT2D eigenvalue weighted by Gasteiger charge is 2.41. The van der Waals surface area contributed by atoms with Crippen molar-refractivity contribution in [1.29, 1.82) is 0 Å². The summed E-state index contributed by atoms with van der Waals surface area (Å²) in [7, 11) is -3.60. The van der Waals surface area contributed by atoms with Crippen LogP contribution in [0, 0.1) is 13.8 Å². The summed E-state index contributed by atoms with van der Waals surface area (Å²) in [6, 6.07) is -0.0536. The van der Waals surface area contributed by atoms with Gasteiger partial charge in [0.2, 0.25) is 10.0 Å². The van der Waals surface area contributed by atoms with Gasteiger partial charge in [0.25, 0.3) is 0 Å². The number of rotatable bonds is 5. The van der Waals surface area contributed by atoms with Crippen molar-refractivity contribution in [3.8, 4) is 0 Å². The van der Waals surface area contributed by atoms with Gasteiger partial charge in [0.1, 0.15) is 22.8 Å². The minimum absolute atomic E-state index is 0.0536. The van der Waals surface area contributed by atoms with Crippen molar-refractivity contribution in [3.05, 3.63) is 35.7 Å². The van der Waals surface area contributed by atoms with Crippen LogP contribution in [0.1, 0.15) is 23.2 Å². The highest BCUT2D eigenvalue weighted by Crippen LogP contribution is 2.30. The van der Waals surface area contributed by atoms with Gasteiger partial charge in [0.05, 0.1) is 24.6 Å². The predicted octanol–water partition coefficient (Wildman–Crippen LogP) is -0.232. The topological polar surface area (TPSA) is 125 Å². The third kappa shape index (κ3) is 2.72. The van der Waals surface area contributed by atoms with Crippen molar-refractivity contribution in [2.45, 2.75) is 31.3 Å². The van der Waals surface area contributed by atoms with Crippen LogP contribution in [0.15, 0.2) is 28.0 Å². The van der Waals surface area contributed by atoms with Gasteiger partial charge in [-0.2, -0.15) is 19.3 Å². The lowest BCUT2D eigenvalue weighted by Crippen LogP contribution is -2.50. The minimum Gasteiger partial charge on any atom is -0.360 e. The van der Waals surface area contributed by atoms with Crippen LogP contribution in [0.2, 0.25) is 0 Å². The number of sulfonamides is 1. The van der Waals surface area contributed by atoms with Crippen molar-refractivity contribution in [3.63, 3.8) is 0 Å². The van der Waals surface area contributed by atoms with Crippen molar-refractivity contribution >= 4 is 10.0 Å². The van der Waals surface area contributed by atoms with Crippen LogP contribution in [0.5, 0.6) is 0 Å². The molecule has 4 rings (SSSR count). The first-order chi connectivity index (χ1) is 11.9. The van der Waals surface area contributed by atoms with Gasteiger partial charge in [-0.3, -0.25) is 0 Å². The van der Waals surface area contributed by atoms with Crippen LogP contribution in [0.3, 0.4) is 0 Å². The number of hydrogen-bond acceptors (Lipinski definition) is 8. The highest BCUT2D eigenvalue weighted by molar-refractivity contribution is 7.89. The quantitative estimate of drug-likeness (QED) is 0.608. The largest absolute Gasteiger partial charge is 0.360 e. The predicted molar refractivity (Wildman–Crippen MR) is 82.9 cm³/mol. The maximum Gasteiger partial charge on any atom is 0.248 e. The molecule has 0 bridgehead atoms. The zero-order chi connectivity index (χ0) is 17.6. The third-order valence-corrected chi connectivity index (χ3v) is 6.17. The lowest BCUT2D eigenvalue weighted by atomic mass is 10.2. The summed E-state index contributed by atoms with van der Waals surface area (Å²) in [6.45, 7) is 4.29. The Labute approximate surface area is 143 Å². The molecule has 0 radical (unpaired) electrons. The summed E-state index contributed by atoms with van der Waals surface area (Å²) in [6.07, 6.45) is 4.97. The van der Waals surface area contributed by atoms with Crippen LogP contribution < -0.4 is 0 Å². The Hall–Kier alpha value is -2.60. The van der Waals surface area contributed by atoms with Gasteiger partial charge in [-0.25, -0.2) is 13.1 Å². The second-order valence-electron chi connectivity index (χ2n) is 5.88. The molecule has 25 heavy (non-hydrogen) atoms. The molecule has 1 aliphatic rings. The summed E-state index contributed by atoms with van der Waals surface area (Å²) in [5.41, 5.74) is 1.08. The molecule has 0 atom stereocenters. The molecule has 3 aromatic heterocycles. The first-order valence-corrected chi connectivity index (χ1v) is 9.07. The fourth-order valence-corrected chi connectivity index (χ4v) is 4.59. The first kappa shape index (κ1) is 15.9. The van der Waals surface area contributed by atoms with Crippen LogP contribution in [0.25, 0.3) is 0 Å². The summed E-state index contributed by atoms with van der Waals surface area (Å²) < 4.78 is 33.4. The monoisotopic (exact) mass is 364 g/mol. The Morgan fingerprint density at radius 3 is 2.60 bits per heavy atom. The van der Waals surface area contributed by atoms with E-state index < -0.39 is 10.0 Å². The summed E-state index contributed by atoms with van der Waals surface area (Å²) in [5, 5.41) is 19.9. The van der Waals surface area contributed by atoms with Crippen LogP contribution >= 0.6 is 0 Å². The first-order valence-electron chi connectivity index (χ1n) is 7.63. The van der Waals surface area contributed by atoms with Crippen molar-refractivity contribution in [2.75, 3.05) is 13.1 Å². The Morgan fingerprint density at radius 2 is 1.96 bits per heavy atom. The van der Waals surface area contributed by atoms with E-state index in [0.717, 1.165) is 0 Å². The second-order valence-corrected chi connectivity index (χ2v) is 7.75. The molecule has 12 heteroatoms. The van der Waals surface area contributed by atoms with E-state index in [1.54, 1.807) is 37.1 Å². The van der Waals surface area contributed by atoms with Gasteiger partial charge < -0.3 is 4.52 Å². The van der Waals surface area contributed by atoms with Crippen LogP contribution in [0.4, 0.5) is 0 Å². The molecule has 0 amide bonds. The molecule has 132 valence electrons. The number of nitrogens with zero attached hydrogens (tertiary/aromatic N) is 8. The van der Waals surface area contributed by atoms with E-state index in [1.807, 2.05) is 0 Å². The molecule has 0 aromatic carbocycles. The molecule has 0 spiro atoms. The Balaban J connectivity index is 1.45. The Kier molecular flexibility index (Phi) is 3.65. The van der Waals surface area contributed by atoms with Crippen LogP contribution in [-0.2, 0) is 16.6 Å². The lowest BCUT2D eigenvalue weighted by molar-refractivity contribution is 0.188. The zero-order valence-corrected chi connectivity index (χ0v) is 14.5. The van der Waals surface area contributed by atoms with Gasteiger partial charge in [0, 0.05) is 13.1 Å². The van der Waals surface area contributed by atoms with Crippen molar-refractivity contribution < 1.29 is 12.9 Å². The Morgan fingerprint density at radius 1 is 1.24 bits per heavy atom. The summed E-state index contributed by atoms with van der Waals surface area (Å²) in [4.78, 5) is 1.65. The van der Waals surface area contributed by atoms with E-state index in [1.165, 1.54) is 9.10 Å². The molecule has 0 unspecified atom stereocenters. The normalized spacial score (nSPS) is 16.2. The standard InChI is InChI=1S/C13H16N8O3S/c1-9-13(10(2)24-17-9)25(22,23)19-7-12(8-19)20-5-11(16-18-20)6-21-14-3-4-15-21/h3-5,12H,6-8H2,1-2H3. The smallest absolute Gasteiger partial charge is 0.248 e. The van der Waals surface area contributed by atoms with E-state index >= 15 is 0 Å². The molecule has 4 heterocycles. The molecule has 1 saturated heterocycles. The van der Waals surface area contributed by atoms with E-state index in [0.29, 0.717) is 36.8 Å². The van der Waals surface area contributed by atoms with Gasteiger partial charge in [-0.15, -0.1) is 5.10 Å². The second kappa shape index (κ2) is 5.74. The van der Waals surface area contributed by atoms with Crippen molar-refractivity contribution in [1.82, 2.24) is 39.4 Å². The fourth-order valence-electron chi connectivity index (χ4n) is 2.79. The fraction of sp³-hybridized carbons (Fsp3) is 0.462. The molecule has 3 aromatic rings. The number of aromatic nitrogens is 7. The maximum absolute atomic E-state index is 12.7. The SMILES string of the molecule is Cc1noc(C)c1S(=O)(=O)N1CC(n2cc(Cn3nccn3)nn2)C1. The summed E-state index contributed by atoms with van der Waals surface area (Å²) in [5.74, 6) is 0.302. The highest BCUT2D eigenvalue weighted by atomic mass is 32.2. The molecular weight excluding hydrogens is 348 g/mol. The molecular formula is C13H16N8O3S. The van der Waals surface area contributed by atoms with Crippen LogP contribution in [-0.4, -0.2) is 61.0 Å². The molecule has 1 fully saturated rings. The third-order valence-electron chi connectivity index (χ3n) is 4.10. The van der Waals surface area contributed by atoms with Gasteiger partial charge in [0.15, 0.2) is 5.76 Å². The molecule has 11 nitrogen and oxygen atoms in total. The average molecular weight is 364 g/mol. The maximum atomic E-state index is 12.7. The van der Waals surface area contributed by atoms with E-state index in [9.17, 15) is 8.42 Å². The molecule has 0 aliphatic carbocycles. The number of aryl methyl sites for hydroxylation is 2. The Bertz CT molecular complexity index is 965. The molecule has 0 saturated carbocycles. The average Bonchev–Trinajstić information content (AvgIpc) is 3.21. The number of hydrogen-bond donors (Lipinski definition) is 0.